The molecule has 0 spiro atoms. The zero-order valence-electron chi connectivity index (χ0n) is 10.4. The Bertz CT molecular complexity index is 611. The topological polar surface area (TPSA) is 26.0 Å². The molecule has 19 heavy (non-hydrogen) atoms. The van der Waals surface area contributed by atoms with Crippen molar-refractivity contribution >= 4 is 15.9 Å². The van der Waals surface area contributed by atoms with E-state index < -0.39 is 0 Å². The summed E-state index contributed by atoms with van der Waals surface area (Å²) in [6.45, 7) is 0. The van der Waals surface area contributed by atoms with Gasteiger partial charge in [-0.1, -0.05) is 46.3 Å². The fourth-order valence-electron chi connectivity index (χ4n) is 2.81. The Morgan fingerprint density at radius 1 is 1.26 bits per heavy atom. The molecule has 2 unspecified atom stereocenters. The molecule has 3 heteroatoms. The highest BCUT2D eigenvalue weighted by Gasteiger charge is 2.28. The molecule has 3 rings (SSSR count). The highest BCUT2D eigenvalue weighted by atomic mass is 79.9. The largest absolute Gasteiger partial charge is 0.324 e. The van der Waals surface area contributed by atoms with Crippen LogP contribution in [0.15, 0.2) is 46.9 Å². The molecule has 0 bridgehead atoms. The summed E-state index contributed by atoms with van der Waals surface area (Å²) in [5.41, 5.74) is 9.53. The zero-order valence-corrected chi connectivity index (χ0v) is 12.0. The van der Waals surface area contributed by atoms with Crippen LogP contribution in [0, 0.1) is 5.82 Å². The minimum atomic E-state index is -0.244. The maximum absolute atomic E-state index is 13.9. The first kappa shape index (κ1) is 12.8. The second kappa shape index (κ2) is 5.06. The van der Waals surface area contributed by atoms with Crippen molar-refractivity contribution in [3.63, 3.8) is 0 Å². The number of rotatable bonds is 3. The standard InChI is InChI=1S/C16H15BrFN/c17-12-5-6-14(15(18)9-12)16(19)8-11-7-10-3-1-2-4-13(10)11/h1-6,9,11,16H,7-8,19H2. The van der Waals surface area contributed by atoms with Gasteiger partial charge in [0.2, 0.25) is 0 Å². The predicted molar refractivity (Wildman–Crippen MR) is 78.5 cm³/mol. The molecule has 2 aromatic rings. The van der Waals surface area contributed by atoms with E-state index in [0.717, 1.165) is 17.3 Å². The number of hydrogen-bond donors (Lipinski definition) is 1. The van der Waals surface area contributed by atoms with Gasteiger partial charge in [0.05, 0.1) is 0 Å². The van der Waals surface area contributed by atoms with Crippen molar-refractivity contribution in [3.05, 3.63) is 69.4 Å². The lowest BCUT2D eigenvalue weighted by Gasteiger charge is -2.32. The Hall–Kier alpha value is -1.19. The molecular formula is C16H15BrFN. The van der Waals surface area contributed by atoms with Crippen LogP contribution < -0.4 is 5.73 Å². The predicted octanol–water partition coefficient (Wildman–Crippen LogP) is 4.32. The first-order valence-corrected chi connectivity index (χ1v) is 7.23. The maximum Gasteiger partial charge on any atom is 0.129 e. The van der Waals surface area contributed by atoms with E-state index in [4.69, 9.17) is 5.73 Å². The highest BCUT2D eigenvalue weighted by molar-refractivity contribution is 9.10. The minimum Gasteiger partial charge on any atom is -0.324 e. The lowest BCUT2D eigenvalue weighted by atomic mass is 9.74. The molecule has 0 saturated carbocycles. The first-order chi connectivity index (χ1) is 9.15. The summed E-state index contributed by atoms with van der Waals surface area (Å²) >= 11 is 3.26. The summed E-state index contributed by atoms with van der Waals surface area (Å²) in [6.07, 6.45) is 1.86. The molecule has 1 aliphatic carbocycles. The molecule has 1 aliphatic rings. The van der Waals surface area contributed by atoms with E-state index >= 15 is 0 Å². The average molecular weight is 320 g/mol. The van der Waals surface area contributed by atoms with Crippen LogP contribution in [0.25, 0.3) is 0 Å². The van der Waals surface area contributed by atoms with Gasteiger partial charge in [0.25, 0.3) is 0 Å². The minimum absolute atomic E-state index is 0.227. The Labute approximate surface area is 120 Å². The summed E-state index contributed by atoms with van der Waals surface area (Å²) in [6, 6.07) is 13.3. The highest BCUT2D eigenvalue weighted by Crippen LogP contribution is 2.40. The number of halogens is 2. The van der Waals surface area contributed by atoms with Crippen molar-refractivity contribution in [1.82, 2.24) is 0 Å². The molecule has 0 aliphatic heterocycles. The van der Waals surface area contributed by atoms with Gasteiger partial charge in [-0.3, -0.25) is 0 Å². The van der Waals surface area contributed by atoms with E-state index in [0.29, 0.717) is 11.5 Å². The van der Waals surface area contributed by atoms with Crippen LogP contribution in [0.4, 0.5) is 4.39 Å². The Morgan fingerprint density at radius 3 is 2.79 bits per heavy atom. The van der Waals surface area contributed by atoms with Crippen LogP contribution >= 0.6 is 15.9 Å². The maximum atomic E-state index is 13.9. The van der Waals surface area contributed by atoms with Gasteiger partial charge in [-0.2, -0.15) is 0 Å². The van der Waals surface area contributed by atoms with E-state index in [1.807, 2.05) is 6.07 Å². The van der Waals surface area contributed by atoms with Crippen molar-refractivity contribution in [1.29, 1.82) is 0 Å². The monoisotopic (exact) mass is 319 g/mol. The molecule has 1 nitrogen and oxygen atoms in total. The van der Waals surface area contributed by atoms with Crippen LogP contribution in [0.1, 0.15) is 35.1 Å². The van der Waals surface area contributed by atoms with Crippen molar-refractivity contribution < 1.29 is 4.39 Å². The SMILES string of the molecule is NC(CC1Cc2ccccc21)c1ccc(Br)cc1F. The van der Waals surface area contributed by atoms with E-state index in [1.54, 1.807) is 6.07 Å². The molecule has 0 radical (unpaired) electrons. The molecule has 98 valence electrons. The average Bonchev–Trinajstić information content (AvgIpc) is 2.35. The molecule has 2 N–H and O–H groups in total. The van der Waals surface area contributed by atoms with Crippen molar-refractivity contribution in [2.45, 2.75) is 24.8 Å². The van der Waals surface area contributed by atoms with E-state index in [9.17, 15) is 4.39 Å². The molecule has 0 heterocycles. The molecule has 0 saturated heterocycles. The van der Waals surface area contributed by atoms with Crippen molar-refractivity contribution in [3.8, 4) is 0 Å². The molecule has 0 aromatic heterocycles. The van der Waals surface area contributed by atoms with Gasteiger partial charge in [-0.15, -0.1) is 0 Å². The second-order valence-corrected chi connectivity index (χ2v) is 6.02. The Balaban J connectivity index is 1.75. The van der Waals surface area contributed by atoms with Crippen LogP contribution in [0.2, 0.25) is 0 Å². The molecule has 2 atom stereocenters. The second-order valence-electron chi connectivity index (χ2n) is 5.11. The summed E-state index contributed by atoms with van der Waals surface area (Å²) in [7, 11) is 0. The fraction of sp³-hybridized carbons (Fsp3) is 0.250. The molecule has 0 fully saturated rings. The smallest absolute Gasteiger partial charge is 0.129 e. The lowest BCUT2D eigenvalue weighted by molar-refractivity contribution is 0.481. The van der Waals surface area contributed by atoms with Crippen LogP contribution in [-0.2, 0) is 6.42 Å². The van der Waals surface area contributed by atoms with Gasteiger partial charge in [-0.05, 0) is 42.0 Å². The zero-order chi connectivity index (χ0) is 13.4. The van der Waals surface area contributed by atoms with Crippen LogP contribution in [0.3, 0.4) is 0 Å². The number of nitrogens with two attached hydrogens (primary N) is 1. The van der Waals surface area contributed by atoms with Gasteiger partial charge >= 0.3 is 0 Å². The quantitative estimate of drug-likeness (QED) is 0.895. The third kappa shape index (κ3) is 2.45. The number of benzene rings is 2. The molecule has 0 amide bonds. The van der Waals surface area contributed by atoms with Crippen LogP contribution in [0.5, 0.6) is 0 Å². The van der Waals surface area contributed by atoms with Gasteiger partial charge in [0.1, 0.15) is 5.82 Å². The first-order valence-electron chi connectivity index (χ1n) is 6.43. The Morgan fingerprint density at radius 2 is 2.05 bits per heavy atom. The third-order valence-corrected chi connectivity index (χ3v) is 4.35. The van der Waals surface area contributed by atoms with E-state index in [1.165, 1.54) is 17.2 Å². The van der Waals surface area contributed by atoms with Crippen LogP contribution in [-0.4, -0.2) is 0 Å². The third-order valence-electron chi connectivity index (χ3n) is 3.86. The Kier molecular flexibility index (Phi) is 3.42. The summed E-state index contributed by atoms with van der Waals surface area (Å²) in [5, 5.41) is 0. The molecule has 2 aromatic carbocycles. The number of hydrogen-bond acceptors (Lipinski definition) is 1. The summed E-state index contributed by atoms with van der Waals surface area (Å²) < 4.78 is 14.6. The van der Waals surface area contributed by atoms with Gasteiger partial charge in [-0.25, -0.2) is 4.39 Å². The molecular weight excluding hydrogens is 305 g/mol. The lowest BCUT2D eigenvalue weighted by Crippen LogP contribution is -2.23. The van der Waals surface area contributed by atoms with Gasteiger partial charge in [0, 0.05) is 16.1 Å². The van der Waals surface area contributed by atoms with E-state index in [-0.39, 0.29) is 11.9 Å². The normalized spacial score (nSPS) is 18.6. The van der Waals surface area contributed by atoms with Crippen molar-refractivity contribution in [2.75, 3.05) is 0 Å². The summed E-state index contributed by atoms with van der Waals surface area (Å²) in [4.78, 5) is 0. The number of fused-ring (bicyclic) bond motifs is 1. The fourth-order valence-corrected chi connectivity index (χ4v) is 3.14. The van der Waals surface area contributed by atoms with E-state index in [2.05, 4.69) is 40.2 Å². The van der Waals surface area contributed by atoms with Gasteiger partial charge in [0.15, 0.2) is 0 Å². The summed E-state index contributed by atoms with van der Waals surface area (Å²) in [5.74, 6) is 0.240. The van der Waals surface area contributed by atoms with Crippen molar-refractivity contribution in [2.24, 2.45) is 5.73 Å². The van der Waals surface area contributed by atoms with Gasteiger partial charge < -0.3 is 5.73 Å².